The highest BCUT2D eigenvalue weighted by atomic mass is 35.5. The van der Waals surface area contributed by atoms with Gasteiger partial charge in [-0.15, -0.1) is 0 Å². The predicted molar refractivity (Wildman–Crippen MR) is 78.8 cm³/mol. The normalized spacial score (nSPS) is 10.2. The minimum absolute atomic E-state index is 0.679. The van der Waals surface area contributed by atoms with Gasteiger partial charge in [-0.3, -0.25) is 4.98 Å². The van der Waals surface area contributed by atoms with Gasteiger partial charge in [-0.25, -0.2) is 0 Å². The Kier molecular flexibility index (Phi) is 5.04. The van der Waals surface area contributed by atoms with Crippen molar-refractivity contribution in [2.45, 2.75) is 19.9 Å². The zero-order valence-electron chi connectivity index (χ0n) is 10.9. The summed E-state index contributed by atoms with van der Waals surface area (Å²) in [6.45, 7) is 3.55. The van der Waals surface area contributed by atoms with Crippen LogP contribution in [0.5, 0.6) is 5.75 Å². The highest BCUT2D eigenvalue weighted by Crippen LogP contribution is 2.20. The van der Waals surface area contributed by atoms with Gasteiger partial charge in [0.1, 0.15) is 5.75 Å². The van der Waals surface area contributed by atoms with Gasteiger partial charge in [0.25, 0.3) is 0 Å². The van der Waals surface area contributed by atoms with Crippen LogP contribution in [0.2, 0.25) is 5.02 Å². The third-order valence-electron chi connectivity index (χ3n) is 2.65. The fraction of sp³-hybridized carbons (Fsp3) is 0.267. The van der Waals surface area contributed by atoms with Crippen LogP contribution in [-0.2, 0) is 6.54 Å². The van der Waals surface area contributed by atoms with Crippen molar-refractivity contribution in [1.82, 2.24) is 4.98 Å². The standard InChI is InChI=1S/C15H17ClN2O/c1-2-9-19-13-5-3-12(4-6-13)10-18-15-11-17-8-7-14(15)16/h3-8,11,18H,2,9-10H2,1H3. The molecule has 3 nitrogen and oxygen atoms in total. The Bertz CT molecular complexity index is 514. The Labute approximate surface area is 118 Å². The molecule has 0 saturated carbocycles. The first kappa shape index (κ1) is 13.7. The molecule has 1 N–H and O–H groups in total. The van der Waals surface area contributed by atoms with Crippen LogP contribution in [0.25, 0.3) is 0 Å². The number of hydrogen-bond acceptors (Lipinski definition) is 3. The van der Waals surface area contributed by atoms with Gasteiger partial charge < -0.3 is 10.1 Å². The van der Waals surface area contributed by atoms with Crippen LogP contribution in [0.3, 0.4) is 0 Å². The summed E-state index contributed by atoms with van der Waals surface area (Å²) in [5, 5.41) is 3.94. The summed E-state index contributed by atoms with van der Waals surface area (Å²) < 4.78 is 5.54. The van der Waals surface area contributed by atoms with Gasteiger partial charge in [-0.1, -0.05) is 30.7 Å². The van der Waals surface area contributed by atoms with Crippen molar-refractivity contribution in [2.75, 3.05) is 11.9 Å². The van der Waals surface area contributed by atoms with Crippen molar-refractivity contribution in [3.8, 4) is 5.75 Å². The zero-order chi connectivity index (χ0) is 13.5. The maximum Gasteiger partial charge on any atom is 0.119 e. The second-order valence-electron chi connectivity index (χ2n) is 4.20. The number of pyridine rings is 1. The van der Waals surface area contributed by atoms with Crippen molar-refractivity contribution in [2.24, 2.45) is 0 Å². The molecular formula is C15H17ClN2O. The molecule has 0 saturated heterocycles. The van der Waals surface area contributed by atoms with Crippen LogP contribution in [0.1, 0.15) is 18.9 Å². The average Bonchev–Trinajstić information content (AvgIpc) is 2.45. The molecule has 0 aliphatic heterocycles. The van der Waals surface area contributed by atoms with Gasteiger partial charge in [0.05, 0.1) is 23.5 Å². The monoisotopic (exact) mass is 276 g/mol. The Morgan fingerprint density at radius 3 is 2.68 bits per heavy atom. The van der Waals surface area contributed by atoms with Crippen molar-refractivity contribution in [3.63, 3.8) is 0 Å². The van der Waals surface area contributed by atoms with Crippen molar-refractivity contribution >= 4 is 17.3 Å². The largest absolute Gasteiger partial charge is 0.494 e. The molecule has 0 aliphatic carbocycles. The Morgan fingerprint density at radius 2 is 2.00 bits per heavy atom. The third-order valence-corrected chi connectivity index (χ3v) is 2.98. The van der Waals surface area contributed by atoms with Gasteiger partial charge in [0.15, 0.2) is 0 Å². The minimum atomic E-state index is 0.679. The quantitative estimate of drug-likeness (QED) is 0.861. The number of nitrogens with zero attached hydrogens (tertiary/aromatic N) is 1. The van der Waals surface area contributed by atoms with E-state index in [1.165, 1.54) is 5.56 Å². The molecule has 0 bridgehead atoms. The summed E-state index contributed by atoms with van der Waals surface area (Å²) in [5.41, 5.74) is 2.01. The molecule has 0 unspecified atom stereocenters. The zero-order valence-corrected chi connectivity index (χ0v) is 11.7. The van der Waals surface area contributed by atoms with E-state index in [0.29, 0.717) is 11.6 Å². The van der Waals surface area contributed by atoms with E-state index in [1.807, 2.05) is 24.3 Å². The highest BCUT2D eigenvalue weighted by molar-refractivity contribution is 6.33. The van der Waals surface area contributed by atoms with Crippen LogP contribution >= 0.6 is 11.6 Å². The van der Waals surface area contributed by atoms with Crippen molar-refractivity contribution in [3.05, 3.63) is 53.3 Å². The lowest BCUT2D eigenvalue weighted by atomic mass is 10.2. The van der Waals surface area contributed by atoms with E-state index < -0.39 is 0 Å². The number of nitrogens with one attached hydrogen (secondary N) is 1. The van der Waals surface area contributed by atoms with Crippen LogP contribution in [0, 0.1) is 0 Å². The number of rotatable bonds is 6. The second kappa shape index (κ2) is 7.00. The first-order chi connectivity index (χ1) is 9.29. The molecule has 1 aromatic carbocycles. The SMILES string of the molecule is CCCOc1ccc(CNc2cnccc2Cl)cc1. The maximum absolute atomic E-state index is 6.05. The maximum atomic E-state index is 6.05. The van der Waals surface area contributed by atoms with E-state index in [2.05, 4.69) is 17.2 Å². The van der Waals surface area contributed by atoms with Crippen molar-refractivity contribution in [1.29, 1.82) is 0 Å². The van der Waals surface area contributed by atoms with E-state index in [9.17, 15) is 0 Å². The fourth-order valence-corrected chi connectivity index (χ4v) is 1.80. The number of anilines is 1. The summed E-state index contributed by atoms with van der Waals surface area (Å²) in [4.78, 5) is 4.04. The number of hydrogen-bond donors (Lipinski definition) is 1. The molecule has 0 fully saturated rings. The lowest BCUT2D eigenvalue weighted by molar-refractivity contribution is 0.317. The van der Waals surface area contributed by atoms with Crippen LogP contribution in [-0.4, -0.2) is 11.6 Å². The fourth-order valence-electron chi connectivity index (χ4n) is 1.63. The molecule has 0 atom stereocenters. The Morgan fingerprint density at radius 1 is 1.21 bits per heavy atom. The van der Waals surface area contributed by atoms with Crippen LogP contribution < -0.4 is 10.1 Å². The molecule has 2 rings (SSSR count). The lowest BCUT2D eigenvalue weighted by Crippen LogP contribution is -2.00. The Balaban J connectivity index is 1.91. The summed E-state index contributed by atoms with van der Waals surface area (Å²) in [6.07, 6.45) is 4.41. The van der Waals surface area contributed by atoms with E-state index in [1.54, 1.807) is 18.5 Å². The second-order valence-corrected chi connectivity index (χ2v) is 4.61. The van der Waals surface area contributed by atoms with Gasteiger partial charge in [0, 0.05) is 12.7 Å². The lowest BCUT2D eigenvalue weighted by Gasteiger charge is -2.09. The summed E-state index contributed by atoms with van der Waals surface area (Å²) in [6, 6.07) is 9.82. The molecule has 0 spiro atoms. The molecule has 0 amide bonds. The summed E-state index contributed by atoms with van der Waals surface area (Å²) in [7, 11) is 0. The predicted octanol–water partition coefficient (Wildman–Crippen LogP) is 4.14. The number of halogens is 1. The molecule has 19 heavy (non-hydrogen) atoms. The molecule has 1 heterocycles. The number of ether oxygens (including phenoxy) is 1. The minimum Gasteiger partial charge on any atom is -0.494 e. The van der Waals surface area contributed by atoms with Crippen LogP contribution in [0.4, 0.5) is 5.69 Å². The first-order valence-corrected chi connectivity index (χ1v) is 6.72. The molecule has 100 valence electrons. The van der Waals surface area contributed by atoms with Crippen LogP contribution in [0.15, 0.2) is 42.7 Å². The van der Waals surface area contributed by atoms with Gasteiger partial charge in [0.2, 0.25) is 0 Å². The van der Waals surface area contributed by atoms with Crippen molar-refractivity contribution < 1.29 is 4.74 Å². The smallest absolute Gasteiger partial charge is 0.119 e. The highest BCUT2D eigenvalue weighted by Gasteiger charge is 1.99. The van der Waals surface area contributed by atoms with E-state index in [0.717, 1.165) is 24.5 Å². The first-order valence-electron chi connectivity index (χ1n) is 6.34. The molecule has 0 aliphatic rings. The van der Waals surface area contributed by atoms with E-state index >= 15 is 0 Å². The third kappa shape index (κ3) is 4.14. The molecule has 2 aromatic rings. The molecule has 4 heteroatoms. The van der Waals surface area contributed by atoms with E-state index in [-0.39, 0.29) is 0 Å². The number of aromatic nitrogens is 1. The van der Waals surface area contributed by atoms with Gasteiger partial charge >= 0.3 is 0 Å². The topological polar surface area (TPSA) is 34.1 Å². The molecule has 1 aromatic heterocycles. The summed E-state index contributed by atoms with van der Waals surface area (Å²) >= 11 is 6.05. The summed E-state index contributed by atoms with van der Waals surface area (Å²) in [5.74, 6) is 0.907. The van der Waals surface area contributed by atoms with E-state index in [4.69, 9.17) is 16.3 Å². The number of benzene rings is 1. The van der Waals surface area contributed by atoms with Gasteiger partial charge in [-0.05, 0) is 30.2 Å². The van der Waals surface area contributed by atoms with Gasteiger partial charge in [-0.2, -0.15) is 0 Å². The average molecular weight is 277 g/mol. The Hall–Kier alpha value is -1.74. The molecular weight excluding hydrogens is 260 g/mol. The molecule has 0 radical (unpaired) electrons.